The number of aromatic amines is 1. The van der Waals surface area contributed by atoms with E-state index in [0.29, 0.717) is 23.8 Å². The standard InChI is InChI=1S/C13H11Cl2N3OS/c14-10-5-11(18-12(10)15)13(19)17-6-9-4-8(7-20-9)2-1-3-16/h4-5,7,18H,3,6,16H2,(H,17,19). The predicted octanol–water partition coefficient (Wildman–Crippen LogP) is 2.62. The molecule has 4 N–H and O–H groups in total. The number of hydrogen-bond acceptors (Lipinski definition) is 3. The number of H-pyrrole nitrogens is 1. The largest absolute Gasteiger partial charge is 0.346 e. The van der Waals surface area contributed by atoms with Crippen molar-refractivity contribution in [2.75, 3.05) is 6.54 Å². The lowest BCUT2D eigenvalue weighted by Gasteiger charge is -2.00. The van der Waals surface area contributed by atoms with Crippen LogP contribution in [0.25, 0.3) is 0 Å². The Bertz CT molecular complexity index is 662. The monoisotopic (exact) mass is 327 g/mol. The van der Waals surface area contributed by atoms with Gasteiger partial charge in [-0.1, -0.05) is 35.0 Å². The van der Waals surface area contributed by atoms with Crippen molar-refractivity contribution < 1.29 is 4.79 Å². The van der Waals surface area contributed by atoms with E-state index in [2.05, 4.69) is 22.1 Å². The molecule has 0 spiro atoms. The van der Waals surface area contributed by atoms with Gasteiger partial charge in [0.2, 0.25) is 0 Å². The van der Waals surface area contributed by atoms with E-state index >= 15 is 0 Å². The van der Waals surface area contributed by atoms with Gasteiger partial charge in [0.05, 0.1) is 18.1 Å². The first-order valence-electron chi connectivity index (χ1n) is 5.68. The number of halogens is 2. The van der Waals surface area contributed by atoms with Crippen LogP contribution in [0.4, 0.5) is 0 Å². The van der Waals surface area contributed by atoms with Gasteiger partial charge in [0, 0.05) is 15.8 Å². The quantitative estimate of drug-likeness (QED) is 0.758. The van der Waals surface area contributed by atoms with E-state index in [0.717, 1.165) is 10.4 Å². The van der Waals surface area contributed by atoms with Crippen LogP contribution in [0.2, 0.25) is 10.2 Å². The number of nitrogens with one attached hydrogen (secondary N) is 2. The van der Waals surface area contributed by atoms with E-state index in [-0.39, 0.29) is 11.1 Å². The molecule has 0 aliphatic heterocycles. The molecule has 0 fully saturated rings. The Balaban J connectivity index is 1.95. The van der Waals surface area contributed by atoms with E-state index in [1.54, 1.807) is 0 Å². The Labute approximate surface area is 130 Å². The number of thiophene rings is 1. The van der Waals surface area contributed by atoms with Gasteiger partial charge in [0.1, 0.15) is 10.8 Å². The minimum Gasteiger partial charge on any atom is -0.346 e. The smallest absolute Gasteiger partial charge is 0.268 e. The molecule has 2 aromatic rings. The molecule has 20 heavy (non-hydrogen) atoms. The second-order valence-corrected chi connectivity index (χ2v) is 5.62. The van der Waals surface area contributed by atoms with Crippen LogP contribution in [-0.2, 0) is 6.54 Å². The van der Waals surface area contributed by atoms with Crippen molar-refractivity contribution in [3.05, 3.63) is 43.8 Å². The molecule has 2 aromatic heterocycles. The summed E-state index contributed by atoms with van der Waals surface area (Å²) in [6, 6.07) is 3.41. The van der Waals surface area contributed by atoms with E-state index in [4.69, 9.17) is 28.9 Å². The molecular weight excluding hydrogens is 317 g/mol. The Morgan fingerprint density at radius 3 is 2.90 bits per heavy atom. The number of aromatic nitrogens is 1. The van der Waals surface area contributed by atoms with Gasteiger partial charge in [0.15, 0.2) is 0 Å². The number of amides is 1. The molecule has 104 valence electrons. The molecule has 0 unspecified atom stereocenters. The molecule has 0 saturated carbocycles. The summed E-state index contributed by atoms with van der Waals surface area (Å²) < 4.78 is 0. The summed E-state index contributed by atoms with van der Waals surface area (Å²) in [4.78, 5) is 15.6. The third-order valence-corrected chi connectivity index (χ3v) is 4.01. The highest BCUT2D eigenvalue weighted by Crippen LogP contribution is 2.21. The van der Waals surface area contributed by atoms with Gasteiger partial charge in [0.25, 0.3) is 5.91 Å². The first-order valence-corrected chi connectivity index (χ1v) is 7.32. The van der Waals surface area contributed by atoms with E-state index in [9.17, 15) is 4.79 Å². The van der Waals surface area contributed by atoms with Crippen LogP contribution in [0, 0.1) is 11.8 Å². The highest BCUT2D eigenvalue weighted by molar-refractivity contribution is 7.10. The summed E-state index contributed by atoms with van der Waals surface area (Å²) in [6.07, 6.45) is 0. The molecule has 0 bridgehead atoms. The van der Waals surface area contributed by atoms with Gasteiger partial charge >= 0.3 is 0 Å². The van der Waals surface area contributed by atoms with E-state index in [1.807, 2.05) is 11.4 Å². The summed E-state index contributed by atoms with van der Waals surface area (Å²) in [5.74, 6) is 5.45. The average Bonchev–Trinajstić information content (AvgIpc) is 3.01. The van der Waals surface area contributed by atoms with Gasteiger partial charge < -0.3 is 16.0 Å². The Hall–Kier alpha value is -1.45. The molecule has 0 aliphatic rings. The second-order valence-electron chi connectivity index (χ2n) is 3.84. The normalized spacial score (nSPS) is 9.95. The molecule has 4 nitrogen and oxygen atoms in total. The van der Waals surface area contributed by atoms with Gasteiger partial charge in [-0.3, -0.25) is 4.79 Å². The van der Waals surface area contributed by atoms with Crippen molar-refractivity contribution in [2.45, 2.75) is 6.54 Å². The third kappa shape index (κ3) is 3.78. The Morgan fingerprint density at radius 2 is 2.25 bits per heavy atom. The minimum atomic E-state index is -0.262. The van der Waals surface area contributed by atoms with Crippen molar-refractivity contribution in [1.82, 2.24) is 10.3 Å². The molecule has 7 heteroatoms. The maximum absolute atomic E-state index is 11.9. The van der Waals surface area contributed by atoms with Gasteiger partial charge in [-0.25, -0.2) is 0 Å². The zero-order valence-electron chi connectivity index (χ0n) is 10.3. The summed E-state index contributed by atoms with van der Waals surface area (Å²) in [6.45, 7) is 0.748. The first-order chi connectivity index (χ1) is 9.60. The van der Waals surface area contributed by atoms with Crippen molar-refractivity contribution in [2.24, 2.45) is 5.73 Å². The van der Waals surface area contributed by atoms with Crippen LogP contribution in [0.1, 0.15) is 20.9 Å². The number of nitrogens with two attached hydrogens (primary N) is 1. The highest BCUT2D eigenvalue weighted by Gasteiger charge is 2.11. The maximum atomic E-state index is 11.9. The van der Waals surface area contributed by atoms with Crippen molar-refractivity contribution >= 4 is 40.4 Å². The summed E-state index contributed by atoms with van der Waals surface area (Å²) >= 11 is 13.1. The summed E-state index contributed by atoms with van der Waals surface area (Å²) in [5, 5.41) is 5.28. The Kier molecular flexibility index (Phi) is 5.10. The fourth-order valence-corrected chi connectivity index (χ4v) is 2.55. The van der Waals surface area contributed by atoms with Crippen LogP contribution in [0.3, 0.4) is 0 Å². The number of carbonyl (C=O) groups excluding carboxylic acids is 1. The molecular formula is C13H11Cl2N3OS. The topological polar surface area (TPSA) is 70.9 Å². The number of carbonyl (C=O) groups is 1. The number of rotatable bonds is 3. The lowest BCUT2D eigenvalue weighted by atomic mass is 10.3. The van der Waals surface area contributed by atoms with Gasteiger partial charge in [-0.15, -0.1) is 11.3 Å². The van der Waals surface area contributed by atoms with Gasteiger partial charge in [-0.2, -0.15) is 0 Å². The molecule has 0 saturated heterocycles. The molecule has 2 rings (SSSR count). The second kappa shape index (κ2) is 6.82. The maximum Gasteiger partial charge on any atom is 0.268 e. The van der Waals surface area contributed by atoms with Crippen molar-refractivity contribution in [1.29, 1.82) is 0 Å². The SMILES string of the molecule is NCC#Cc1csc(CNC(=O)c2cc(Cl)c(Cl)[nH]2)c1. The molecule has 0 atom stereocenters. The zero-order chi connectivity index (χ0) is 14.5. The first kappa shape index (κ1) is 14.9. The molecule has 0 aliphatic carbocycles. The highest BCUT2D eigenvalue weighted by atomic mass is 35.5. The molecule has 0 aromatic carbocycles. The fourth-order valence-electron chi connectivity index (χ4n) is 1.48. The van der Waals surface area contributed by atoms with E-state index < -0.39 is 0 Å². The lowest BCUT2D eigenvalue weighted by molar-refractivity contribution is 0.0947. The number of hydrogen-bond donors (Lipinski definition) is 3. The van der Waals surface area contributed by atoms with Crippen LogP contribution in [0.15, 0.2) is 17.5 Å². The molecule has 1 amide bonds. The predicted molar refractivity (Wildman–Crippen MR) is 82.2 cm³/mol. The van der Waals surface area contributed by atoms with Crippen LogP contribution in [-0.4, -0.2) is 17.4 Å². The van der Waals surface area contributed by atoms with Crippen LogP contribution >= 0.6 is 34.5 Å². The van der Waals surface area contributed by atoms with Crippen LogP contribution in [0.5, 0.6) is 0 Å². The van der Waals surface area contributed by atoms with Crippen molar-refractivity contribution in [3.63, 3.8) is 0 Å². The molecule has 2 heterocycles. The van der Waals surface area contributed by atoms with Gasteiger partial charge in [-0.05, 0) is 12.1 Å². The lowest BCUT2D eigenvalue weighted by Crippen LogP contribution is -2.22. The Morgan fingerprint density at radius 1 is 1.45 bits per heavy atom. The zero-order valence-corrected chi connectivity index (χ0v) is 12.6. The average molecular weight is 328 g/mol. The third-order valence-electron chi connectivity index (χ3n) is 2.38. The van der Waals surface area contributed by atoms with E-state index in [1.165, 1.54) is 17.4 Å². The summed E-state index contributed by atoms with van der Waals surface area (Å²) in [7, 11) is 0. The summed E-state index contributed by atoms with van der Waals surface area (Å²) in [5.41, 5.74) is 6.54. The van der Waals surface area contributed by atoms with Crippen molar-refractivity contribution in [3.8, 4) is 11.8 Å². The van der Waals surface area contributed by atoms with Crippen LogP contribution < -0.4 is 11.1 Å². The fraction of sp³-hybridized carbons (Fsp3) is 0.154. The molecule has 0 radical (unpaired) electrons. The minimum absolute atomic E-state index is 0.257.